The first-order valence-corrected chi connectivity index (χ1v) is 24.9. The molecule has 1 saturated heterocycles. The Morgan fingerprint density at radius 2 is 0.948 bits per heavy atom. The van der Waals surface area contributed by atoms with Crippen LogP contribution in [0.25, 0.3) is 0 Å². The standard InChI is InChI=1S/C49H95NO8/c1-3-5-7-9-11-13-15-16-17-18-19-20-21-22-23-24-25-26-27-29-31-33-35-37-39-45(53)50-42(41-57-49-48(56)47(55)46(54)44(40-51)58-49)43(52)38-36-34-32-30-28-14-12-10-8-6-4-2/h36,38,42-44,46-49,51-52,54-56H,3-35,37,39-41H2,1-2H3,(H,50,53)/b38-36+. The molecule has 9 heteroatoms. The van der Waals surface area contributed by atoms with Gasteiger partial charge in [0.1, 0.15) is 24.4 Å². The summed E-state index contributed by atoms with van der Waals surface area (Å²) in [5.41, 5.74) is 0. The molecule has 58 heavy (non-hydrogen) atoms. The number of nitrogens with one attached hydrogen (secondary N) is 1. The molecular formula is C49H95NO8. The molecule has 344 valence electrons. The molecule has 0 aromatic rings. The molecule has 0 spiro atoms. The Morgan fingerprint density at radius 3 is 1.34 bits per heavy atom. The average Bonchev–Trinajstić information content (AvgIpc) is 3.22. The summed E-state index contributed by atoms with van der Waals surface area (Å²) < 4.78 is 11.2. The molecule has 1 aliphatic heterocycles. The highest BCUT2D eigenvalue weighted by atomic mass is 16.7. The van der Waals surface area contributed by atoms with Gasteiger partial charge in [0.2, 0.25) is 5.91 Å². The molecular weight excluding hydrogens is 731 g/mol. The third-order valence-electron chi connectivity index (χ3n) is 12.1. The van der Waals surface area contributed by atoms with Crippen molar-refractivity contribution in [1.82, 2.24) is 5.32 Å². The zero-order valence-corrected chi connectivity index (χ0v) is 37.8. The van der Waals surface area contributed by atoms with Gasteiger partial charge in [-0.05, 0) is 19.3 Å². The molecule has 0 radical (unpaired) electrons. The summed E-state index contributed by atoms with van der Waals surface area (Å²) in [4.78, 5) is 13.0. The van der Waals surface area contributed by atoms with Gasteiger partial charge in [0.05, 0.1) is 25.4 Å². The second-order valence-corrected chi connectivity index (χ2v) is 17.6. The monoisotopic (exact) mass is 826 g/mol. The maximum Gasteiger partial charge on any atom is 0.220 e. The number of aliphatic hydroxyl groups is 5. The second-order valence-electron chi connectivity index (χ2n) is 17.6. The van der Waals surface area contributed by atoms with Crippen molar-refractivity contribution in [3.63, 3.8) is 0 Å². The zero-order valence-electron chi connectivity index (χ0n) is 37.8. The summed E-state index contributed by atoms with van der Waals surface area (Å²) in [5.74, 6) is -0.174. The molecule has 1 rings (SSSR count). The molecule has 7 atom stereocenters. The zero-order chi connectivity index (χ0) is 42.3. The van der Waals surface area contributed by atoms with E-state index in [4.69, 9.17) is 9.47 Å². The third-order valence-corrected chi connectivity index (χ3v) is 12.1. The largest absolute Gasteiger partial charge is 0.394 e. The number of ether oxygens (including phenoxy) is 2. The van der Waals surface area contributed by atoms with Crippen LogP contribution in [-0.4, -0.2) is 87.5 Å². The maximum atomic E-state index is 13.0. The van der Waals surface area contributed by atoms with Gasteiger partial charge in [0.25, 0.3) is 0 Å². The Bertz CT molecular complexity index is 919. The number of rotatable bonds is 42. The van der Waals surface area contributed by atoms with Crippen molar-refractivity contribution >= 4 is 5.91 Å². The number of carbonyl (C=O) groups is 1. The normalized spacial score (nSPS) is 20.8. The number of allylic oxidation sites excluding steroid dienone is 1. The highest BCUT2D eigenvalue weighted by molar-refractivity contribution is 5.76. The lowest BCUT2D eigenvalue weighted by Crippen LogP contribution is -2.60. The Kier molecular flexibility index (Phi) is 37.9. The highest BCUT2D eigenvalue weighted by Gasteiger charge is 2.44. The lowest BCUT2D eigenvalue weighted by molar-refractivity contribution is -0.302. The molecule has 0 aromatic carbocycles. The van der Waals surface area contributed by atoms with Gasteiger partial charge in [0, 0.05) is 6.42 Å². The van der Waals surface area contributed by atoms with E-state index in [1.807, 2.05) is 6.08 Å². The van der Waals surface area contributed by atoms with E-state index in [1.165, 1.54) is 180 Å². The second kappa shape index (κ2) is 40.0. The first kappa shape index (κ1) is 54.9. The van der Waals surface area contributed by atoms with Gasteiger partial charge in [-0.15, -0.1) is 0 Å². The molecule has 0 saturated carbocycles. The molecule has 0 aliphatic carbocycles. The Balaban J connectivity index is 2.21. The minimum atomic E-state index is -1.56. The summed E-state index contributed by atoms with van der Waals surface area (Å²) >= 11 is 0. The maximum absolute atomic E-state index is 13.0. The van der Waals surface area contributed by atoms with E-state index in [0.717, 1.165) is 38.5 Å². The topological polar surface area (TPSA) is 149 Å². The van der Waals surface area contributed by atoms with Gasteiger partial charge in [-0.2, -0.15) is 0 Å². The quantitative estimate of drug-likeness (QED) is 0.0263. The highest BCUT2D eigenvalue weighted by Crippen LogP contribution is 2.23. The van der Waals surface area contributed by atoms with Crippen LogP contribution < -0.4 is 5.32 Å². The molecule has 0 aromatic heterocycles. The predicted octanol–water partition coefficient (Wildman–Crippen LogP) is 10.9. The van der Waals surface area contributed by atoms with Gasteiger partial charge in [-0.3, -0.25) is 4.79 Å². The molecule has 1 fully saturated rings. The van der Waals surface area contributed by atoms with Crippen LogP contribution in [0.3, 0.4) is 0 Å². The molecule has 9 nitrogen and oxygen atoms in total. The van der Waals surface area contributed by atoms with Gasteiger partial charge >= 0.3 is 0 Å². The van der Waals surface area contributed by atoms with Crippen molar-refractivity contribution < 1.29 is 39.8 Å². The molecule has 1 heterocycles. The summed E-state index contributed by atoms with van der Waals surface area (Å²) in [6, 6.07) is -0.798. The fourth-order valence-corrected chi connectivity index (χ4v) is 8.10. The van der Waals surface area contributed by atoms with Gasteiger partial charge in [0.15, 0.2) is 6.29 Å². The molecule has 1 amide bonds. The van der Waals surface area contributed by atoms with E-state index < -0.39 is 49.5 Å². The number of unbranched alkanes of at least 4 members (excludes halogenated alkanes) is 32. The van der Waals surface area contributed by atoms with Crippen molar-refractivity contribution in [1.29, 1.82) is 0 Å². The molecule has 7 unspecified atom stereocenters. The van der Waals surface area contributed by atoms with Crippen LogP contribution in [0.2, 0.25) is 0 Å². The average molecular weight is 826 g/mol. The first-order chi connectivity index (χ1) is 28.3. The number of carbonyl (C=O) groups excluding carboxylic acids is 1. The van der Waals surface area contributed by atoms with E-state index >= 15 is 0 Å². The fourth-order valence-electron chi connectivity index (χ4n) is 8.10. The van der Waals surface area contributed by atoms with Crippen LogP contribution in [0.5, 0.6) is 0 Å². The van der Waals surface area contributed by atoms with Crippen molar-refractivity contribution in [2.75, 3.05) is 13.2 Å². The number of hydrogen-bond acceptors (Lipinski definition) is 8. The number of hydrogen-bond donors (Lipinski definition) is 6. The Labute approximate surface area is 356 Å². The lowest BCUT2D eigenvalue weighted by Gasteiger charge is -2.40. The minimum Gasteiger partial charge on any atom is -0.394 e. The van der Waals surface area contributed by atoms with Gasteiger partial charge in [-0.25, -0.2) is 0 Å². The smallest absolute Gasteiger partial charge is 0.220 e. The fraction of sp³-hybridized carbons (Fsp3) is 0.939. The SMILES string of the molecule is CCCCCCCCCCC/C=C/C(O)C(COC1OC(CO)C(O)C(O)C1O)NC(=O)CCCCCCCCCCCCCCCCCCCCCCCCCC. The first-order valence-electron chi connectivity index (χ1n) is 24.9. The summed E-state index contributed by atoms with van der Waals surface area (Å²) in [6.07, 6.45) is 39.9. The molecule has 1 aliphatic rings. The third kappa shape index (κ3) is 30.0. The van der Waals surface area contributed by atoms with Gasteiger partial charge in [-0.1, -0.05) is 225 Å². The van der Waals surface area contributed by atoms with Crippen LogP contribution in [0.4, 0.5) is 0 Å². The minimum absolute atomic E-state index is 0.174. The van der Waals surface area contributed by atoms with Crippen LogP contribution >= 0.6 is 0 Å². The Morgan fingerprint density at radius 1 is 0.569 bits per heavy atom. The summed E-state index contributed by atoms with van der Waals surface area (Å²) in [5, 5.41) is 54.2. The molecule has 6 N–H and O–H groups in total. The lowest BCUT2D eigenvalue weighted by atomic mass is 9.99. The van der Waals surface area contributed by atoms with Crippen LogP contribution in [0.1, 0.15) is 239 Å². The van der Waals surface area contributed by atoms with Gasteiger partial charge < -0.3 is 40.3 Å². The van der Waals surface area contributed by atoms with E-state index in [0.29, 0.717) is 6.42 Å². The van der Waals surface area contributed by atoms with E-state index in [1.54, 1.807) is 6.08 Å². The number of aliphatic hydroxyl groups excluding tert-OH is 5. The van der Waals surface area contributed by atoms with Crippen LogP contribution in [-0.2, 0) is 14.3 Å². The summed E-state index contributed by atoms with van der Waals surface area (Å²) in [6.45, 7) is 3.78. The number of amides is 1. The predicted molar refractivity (Wildman–Crippen MR) is 240 cm³/mol. The Hall–Kier alpha value is -1.07. The van der Waals surface area contributed by atoms with Crippen molar-refractivity contribution in [2.45, 2.75) is 281 Å². The van der Waals surface area contributed by atoms with E-state index in [-0.39, 0.29) is 12.5 Å². The van der Waals surface area contributed by atoms with Crippen molar-refractivity contribution in [3.05, 3.63) is 12.2 Å². The van der Waals surface area contributed by atoms with E-state index in [2.05, 4.69) is 19.2 Å². The van der Waals surface area contributed by atoms with Crippen molar-refractivity contribution in [3.8, 4) is 0 Å². The summed E-state index contributed by atoms with van der Waals surface area (Å²) in [7, 11) is 0. The van der Waals surface area contributed by atoms with Crippen LogP contribution in [0.15, 0.2) is 12.2 Å². The van der Waals surface area contributed by atoms with E-state index in [9.17, 15) is 30.3 Å². The molecule has 0 bridgehead atoms. The van der Waals surface area contributed by atoms with Crippen LogP contribution in [0, 0.1) is 0 Å². The van der Waals surface area contributed by atoms with Crippen molar-refractivity contribution in [2.24, 2.45) is 0 Å².